The molecule has 0 saturated heterocycles. The van der Waals surface area contributed by atoms with Crippen LogP contribution < -0.4 is 4.74 Å². The van der Waals surface area contributed by atoms with Gasteiger partial charge in [-0.1, -0.05) is 17.7 Å². The van der Waals surface area contributed by atoms with Gasteiger partial charge in [0.1, 0.15) is 11.6 Å². The van der Waals surface area contributed by atoms with Crippen LogP contribution in [0.2, 0.25) is 5.02 Å². The summed E-state index contributed by atoms with van der Waals surface area (Å²) in [6.07, 6.45) is 0. The lowest BCUT2D eigenvalue weighted by Gasteiger charge is -2.19. The number of sulfonamides is 1. The molecule has 0 N–H and O–H groups in total. The maximum absolute atomic E-state index is 13.8. The van der Waals surface area contributed by atoms with Crippen molar-refractivity contribution >= 4 is 37.6 Å². The van der Waals surface area contributed by atoms with Gasteiger partial charge in [-0.05, 0) is 46.3 Å². The predicted molar refractivity (Wildman–Crippen MR) is 90.8 cm³/mol. The summed E-state index contributed by atoms with van der Waals surface area (Å²) in [5.41, 5.74) is 0.132. The molecule has 0 unspecified atom stereocenters. The molecule has 2 aromatic carbocycles. The van der Waals surface area contributed by atoms with Gasteiger partial charge in [-0.15, -0.1) is 0 Å². The molecule has 2 rings (SSSR count). The number of hydrogen-bond donors (Lipinski definition) is 0. The van der Waals surface area contributed by atoms with Crippen LogP contribution in [0.25, 0.3) is 0 Å². The number of ether oxygens (including phenoxy) is 1. The topological polar surface area (TPSA) is 46.6 Å². The fraction of sp³-hybridized carbons (Fsp3) is 0.200. The van der Waals surface area contributed by atoms with E-state index in [9.17, 15) is 12.8 Å². The predicted octanol–water partition coefficient (Wildman–Crippen LogP) is 4.07. The second-order valence-corrected chi connectivity index (χ2v) is 8.06. The fourth-order valence-electron chi connectivity index (χ4n) is 1.98. The quantitative estimate of drug-likeness (QED) is 0.730. The van der Waals surface area contributed by atoms with Crippen molar-refractivity contribution in [2.24, 2.45) is 0 Å². The lowest BCUT2D eigenvalue weighted by molar-refractivity contribution is 0.411. The molecule has 0 fully saturated rings. The maximum atomic E-state index is 13.8. The van der Waals surface area contributed by atoms with E-state index in [-0.39, 0.29) is 22.0 Å². The first-order valence-electron chi connectivity index (χ1n) is 6.50. The standard InChI is InChI=1S/C15H14BrClFNO3S/c1-19(9-11-13(17)4-3-5-14(11)18)23(20,21)10-6-7-15(22-2)12(16)8-10/h3-8H,9H2,1-2H3. The molecule has 0 amide bonds. The number of rotatable bonds is 5. The van der Waals surface area contributed by atoms with Crippen molar-refractivity contribution in [1.29, 1.82) is 0 Å². The highest BCUT2D eigenvalue weighted by molar-refractivity contribution is 9.10. The molecule has 124 valence electrons. The highest BCUT2D eigenvalue weighted by atomic mass is 79.9. The summed E-state index contributed by atoms with van der Waals surface area (Å²) >= 11 is 9.20. The van der Waals surface area contributed by atoms with Gasteiger partial charge in [-0.3, -0.25) is 0 Å². The first kappa shape index (κ1) is 18.2. The van der Waals surface area contributed by atoms with Crippen LogP contribution >= 0.6 is 27.5 Å². The van der Waals surface area contributed by atoms with E-state index in [1.165, 1.54) is 44.5 Å². The van der Waals surface area contributed by atoms with Gasteiger partial charge in [0.25, 0.3) is 0 Å². The number of nitrogens with zero attached hydrogens (tertiary/aromatic N) is 1. The van der Waals surface area contributed by atoms with Crippen molar-refractivity contribution in [3.8, 4) is 5.75 Å². The van der Waals surface area contributed by atoms with Crippen LogP contribution in [0, 0.1) is 5.82 Å². The lowest BCUT2D eigenvalue weighted by Crippen LogP contribution is -2.27. The molecule has 8 heteroatoms. The van der Waals surface area contributed by atoms with Crippen LogP contribution in [0.3, 0.4) is 0 Å². The molecule has 2 aromatic rings. The van der Waals surface area contributed by atoms with E-state index in [0.717, 1.165) is 4.31 Å². The van der Waals surface area contributed by atoms with Crippen LogP contribution in [0.1, 0.15) is 5.56 Å². The van der Waals surface area contributed by atoms with Crippen molar-refractivity contribution in [3.63, 3.8) is 0 Å². The SMILES string of the molecule is COc1ccc(S(=O)(=O)N(C)Cc2c(F)cccc2Cl)cc1Br. The molecule has 0 heterocycles. The van der Waals surface area contributed by atoms with E-state index in [1.54, 1.807) is 6.07 Å². The first-order valence-corrected chi connectivity index (χ1v) is 9.11. The molecule has 0 aliphatic heterocycles. The van der Waals surface area contributed by atoms with Gasteiger partial charge in [0.05, 0.1) is 16.5 Å². The van der Waals surface area contributed by atoms with Gasteiger partial charge >= 0.3 is 0 Å². The normalized spacial score (nSPS) is 11.7. The minimum atomic E-state index is -3.80. The molecule has 0 saturated carbocycles. The summed E-state index contributed by atoms with van der Waals surface area (Å²) in [5, 5.41) is 0.183. The van der Waals surface area contributed by atoms with Crippen LogP contribution in [-0.4, -0.2) is 26.9 Å². The smallest absolute Gasteiger partial charge is 0.243 e. The zero-order chi connectivity index (χ0) is 17.2. The molecule has 0 radical (unpaired) electrons. The maximum Gasteiger partial charge on any atom is 0.243 e. The van der Waals surface area contributed by atoms with E-state index in [0.29, 0.717) is 10.2 Å². The summed E-state index contributed by atoms with van der Waals surface area (Å²) < 4.78 is 45.7. The van der Waals surface area contributed by atoms with Crippen molar-refractivity contribution in [1.82, 2.24) is 4.31 Å². The number of halogens is 3. The summed E-state index contributed by atoms with van der Waals surface area (Å²) in [6, 6.07) is 8.64. The molecule has 0 spiro atoms. The largest absolute Gasteiger partial charge is 0.496 e. The van der Waals surface area contributed by atoms with Gasteiger partial charge < -0.3 is 4.74 Å². The van der Waals surface area contributed by atoms with E-state index >= 15 is 0 Å². The Morgan fingerprint density at radius 1 is 1.30 bits per heavy atom. The minimum Gasteiger partial charge on any atom is -0.496 e. The Hall–Kier alpha value is -1.15. The van der Waals surface area contributed by atoms with Gasteiger partial charge in [0.2, 0.25) is 10.0 Å². The summed E-state index contributed by atoms with van der Waals surface area (Å²) in [6.45, 7) is -0.169. The van der Waals surface area contributed by atoms with E-state index in [4.69, 9.17) is 16.3 Å². The van der Waals surface area contributed by atoms with Gasteiger partial charge in [-0.2, -0.15) is 4.31 Å². The Morgan fingerprint density at radius 3 is 2.57 bits per heavy atom. The van der Waals surface area contributed by atoms with Gasteiger partial charge in [0, 0.05) is 24.2 Å². The minimum absolute atomic E-state index is 0.0696. The molecule has 4 nitrogen and oxygen atoms in total. The van der Waals surface area contributed by atoms with Crippen molar-refractivity contribution < 1.29 is 17.5 Å². The molecular formula is C15H14BrClFNO3S. The zero-order valence-electron chi connectivity index (χ0n) is 12.4. The molecule has 0 aliphatic rings. The second-order valence-electron chi connectivity index (χ2n) is 4.76. The van der Waals surface area contributed by atoms with Crippen LogP contribution in [0.5, 0.6) is 5.75 Å². The Morgan fingerprint density at radius 2 is 2.00 bits per heavy atom. The Bertz CT molecular complexity index is 809. The second kappa shape index (κ2) is 7.17. The fourth-order valence-corrected chi connectivity index (χ4v) is 4.06. The van der Waals surface area contributed by atoms with Crippen LogP contribution in [0.4, 0.5) is 4.39 Å². The monoisotopic (exact) mass is 421 g/mol. The zero-order valence-corrected chi connectivity index (χ0v) is 15.5. The highest BCUT2D eigenvalue weighted by Crippen LogP contribution is 2.29. The number of methoxy groups -OCH3 is 1. The van der Waals surface area contributed by atoms with E-state index in [1.807, 2.05) is 0 Å². The molecule has 0 atom stereocenters. The van der Waals surface area contributed by atoms with Crippen molar-refractivity contribution in [3.05, 3.63) is 57.3 Å². The van der Waals surface area contributed by atoms with E-state index < -0.39 is 15.8 Å². The molecule has 0 aromatic heterocycles. The van der Waals surface area contributed by atoms with Crippen molar-refractivity contribution in [2.75, 3.05) is 14.2 Å². The highest BCUT2D eigenvalue weighted by Gasteiger charge is 2.23. The number of hydrogen-bond acceptors (Lipinski definition) is 3. The molecule has 0 bridgehead atoms. The van der Waals surface area contributed by atoms with Crippen LogP contribution in [-0.2, 0) is 16.6 Å². The Balaban J connectivity index is 2.34. The molecule has 0 aliphatic carbocycles. The summed E-state index contributed by atoms with van der Waals surface area (Å²) in [4.78, 5) is 0.0696. The third kappa shape index (κ3) is 3.85. The summed E-state index contributed by atoms with van der Waals surface area (Å²) in [7, 11) is -0.938. The van der Waals surface area contributed by atoms with Crippen LogP contribution in [0.15, 0.2) is 45.8 Å². The van der Waals surface area contributed by atoms with E-state index in [2.05, 4.69) is 15.9 Å². The third-order valence-electron chi connectivity index (χ3n) is 3.27. The summed E-state index contributed by atoms with van der Waals surface area (Å²) in [5.74, 6) is -0.0285. The average Bonchev–Trinajstić information content (AvgIpc) is 2.50. The first-order chi connectivity index (χ1) is 10.8. The Kier molecular flexibility index (Phi) is 5.67. The lowest BCUT2D eigenvalue weighted by atomic mass is 10.2. The van der Waals surface area contributed by atoms with Gasteiger partial charge in [-0.25, -0.2) is 12.8 Å². The van der Waals surface area contributed by atoms with Gasteiger partial charge in [0.15, 0.2) is 0 Å². The average molecular weight is 423 g/mol. The van der Waals surface area contributed by atoms with Crippen molar-refractivity contribution in [2.45, 2.75) is 11.4 Å². The molecule has 23 heavy (non-hydrogen) atoms. The molecular weight excluding hydrogens is 409 g/mol. The third-order valence-corrected chi connectivity index (χ3v) is 6.05. The number of benzene rings is 2. The Labute approximate surface area is 148 Å².